The first-order valence-corrected chi connectivity index (χ1v) is 5.95. The number of anilines is 1. The van der Waals surface area contributed by atoms with Crippen LogP contribution in [0.25, 0.3) is 0 Å². The number of aliphatic hydroxyl groups is 1. The van der Waals surface area contributed by atoms with Crippen LogP contribution in [0.1, 0.15) is 24.1 Å². The van der Waals surface area contributed by atoms with Gasteiger partial charge in [-0.3, -0.25) is 0 Å². The van der Waals surface area contributed by atoms with Gasteiger partial charge in [-0.2, -0.15) is 0 Å². The van der Waals surface area contributed by atoms with Gasteiger partial charge in [-0.15, -0.1) is 0 Å². The number of aryl methyl sites for hydroxylation is 1. The molecule has 0 fully saturated rings. The van der Waals surface area contributed by atoms with Crippen LogP contribution < -0.4 is 4.90 Å². The number of hydrogen-bond donors (Lipinski definition) is 1. The Hall–Kier alpha value is -1.88. The summed E-state index contributed by atoms with van der Waals surface area (Å²) in [7, 11) is 0. The highest BCUT2D eigenvalue weighted by atomic mass is 16.3. The second kappa shape index (κ2) is 5.64. The van der Waals surface area contributed by atoms with Crippen molar-refractivity contribution in [3.63, 3.8) is 0 Å². The Kier molecular flexibility index (Phi) is 3.94. The van der Waals surface area contributed by atoms with E-state index in [1.807, 2.05) is 26.0 Å². The number of hydrogen-bond acceptors (Lipinski definition) is 5. The highest BCUT2D eigenvalue weighted by Crippen LogP contribution is 2.19. The maximum atomic E-state index is 9.35. The van der Waals surface area contributed by atoms with E-state index in [9.17, 15) is 5.11 Å². The first-order chi connectivity index (χ1) is 8.74. The van der Waals surface area contributed by atoms with Crippen molar-refractivity contribution in [1.82, 2.24) is 9.97 Å². The summed E-state index contributed by atoms with van der Waals surface area (Å²) in [5, 5.41) is 9.35. The molecule has 5 nitrogen and oxygen atoms in total. The molecule has 0 unspecified atom stereocenters. The molecular formula is C13H17N3O2. The topological polar surface area (TPSA) is 62.4 Å². The Morgan fingerprint density at radius 1 is 1.44 bits per heavy atom. The lowest BCUT2D eigenvalue weighted by Crippen LogP contribution is -2.24. The number of furan rings is 1. The highest BCUT2D eigenvalue weighted by molar-refractivity contribution is 5.45. The third kappa shape index (κ3) is 2.68. The van der Waals surface area contributed by atoms with Crippen molar-refractivity contribution in [2.24, 2.45) is 0 Å². The molecule has 0 aliphatic carbocycles. The molecule has 0 bridgehead atoms. The van der Waals surface area contributed by atoms with Crippen LogP contribution in [0.2, 0.25) is 0 Å². The van der Waals surface area contributed by atoms with E-state index < -0.39 is 0 Å². The summed E-state index contributed by atoms with van der Waals surface area (Å²) >= 11 is 0. The van der Waals surface area contributed by atoms with E-state index in [1.165, 1.54) is 0 Å². The fourth-order valence-electron chi connectivity index (χ4n) is 1.80. The highest BCUT2D eigenvalue weighted by Gasteiger charge is 2.13. The van der Waals surface area contributed by atoms with Gasteiger partial charge in [-0.05, 0) is 26.0 Å². The van der Waals surface area contributed by atoms with Gasteiger partial charge in [-0.25, -0.2) is 9.97 Å². The summed E-state index contributed by atoms with van der Waals surface area (Å²) in [6.07, 6.45) is 3.32. The summed E-state index contributed by atoms with van der Waals surface area (Å²) in [6.45, 7) is 5.23. The summed E-state index contributed by atoms with van der Waals surface area (Å²) in [4.78, 5) is 10.6. The first-order valence-electron chi connectivity index (χ1n) is 5.95. The molecule has 0 aliphatic heterocycles. The van der Waals surface area contributed by atoms with Crippen molar-refractivity contribution < 1.29 is 9.52 Å². The van der Waals surface area contributed by atoms with Gasteiger partial charge >= 0.3 is 0 Å². The van der Waals surface area contributed by atoms with Crippen molar-refractivity contribution in [2.75, 3.05) is 11.4 Å². The van der Waals surface area contributed by atoms with E-state index in [-0.39, 0.29) is 6.61 Å². The Labute approximate surface area is 106 Å². The molecule has 2 rings (SSSR count). The molecule has 2 aromatic rings. The molecule has 0 spiro atoms. The molecule has 0 aromatic carbocycles. The first kappa shape index (κ1) is 12.6. The Morgan fingerprint density at radius 2 is 2.28 bits per heavy atom. The zero-order chi connectivity index (χ0) is 13.0. The number of rotatable bonds is 5. The van der Waals surface area contributed by atoms with Crippen LogP contribution in [0.15, 0.2) is 29.0 Å². The molecule has 2 aromatic heterocycles. The van der Waals surface area contributed by atoms with Crippen molar-refractivity contribution in [2.45, 2.75) is 27.0 Å². The van der Waals surface area contributed by atoms with Crippen LogP contribution >= 0.6 is 0 Å². The van der Waals surface area contributed by atoms with Crippen LogP contribution in [-0.4, -0.2) is 21.6 Å². The number of aromatic nitrogens is 2. The Balaban J connectivity index is 2.28. The SMILES string of the molecule is CCN(Cc1ccco1)c1nc(C)ncc1CO. The molecule has 18 heavy (non-hydrogen) atoms. The van der Waals surface area contributed by atoms with Crippen molar-refractivity contribution in [3.05, 3.63) is 41.7 Å². The minimum atomic E-state index is -0.0652. The summed E-state index contributed by atoms with van der Waals surface area (Å²) in [6, 6.07) is 3.79. The monoisotopic (exact) mass is 247 g/mol. The lowest BCUT2D eigenvalue weighted by molar-refractivity contribution is 0.281. The molecule has 0 atom stereocenters. The summed E-state index contributed by atoms with van der Waals surface area (Å²) < 4.78 is 5.34. The summed E-state index contributed by atoms with van der Waals surface area (Å²) in [5.41, 5.74) is 0.731. The van der Waals surface area contributed by atoms with Gasteiger partial charge in [0, 0.05) is 18.3 Å². The quantitative estimate of drug-likeness (QED) is 0.874. The number of nitrogens with zero attached hydrogens (tertiary/aromatic N) is 3. The van der Waals surface area contributed by atoms with E-state index in [2.05, 4.69) is 14.9 Å². The van der Waals surface area contributed by atoms with Crippen molar-refractivity contribution >= 4 is 5.82 Å². The van der Waals surface area contributed by atoms with E-state index >= 15 is 0 Å². The van der Waals surface area contributed by atoms with Gasteiger partial charge in [0.15, 0.2) is 0 Å². The average Bonchev–Trinajstić information content (AvgIpc) is 2.88. The fourth-order valence-corrected chi connectivity index (χ4v) is 1.80. The van der Waals surface area contributed by atoms with E-state index in [0.29, 0.717) is 12.4 Å². The standard InChI is InChI=1S/C13H17N3O2/c1-3-16(8-12-5-4-6-18-12)13-11(9-17)7-14-10(2)15-13/h4-7,17H,3,8-9H2,1-2H3. The molecule has 1 N–H and O–H groups in total. The minimum absolute atomic E-state index is 0.0652. The van der Waals surface area contributed by atoms with E-state index in [4.69, 9.17) is 4.42 Å². The van der Waals surface area contributed by atoms with E-state index in [0.717, 1.165) is 23.7 Å². The molecule has 0 radical (unpaired) electrons. The van der Waals surface area contributed by atoms with Gasteiger partial charge < -0.3 is 14.4 Å². The molecular weight excluding hydrogens is 230 g/mol. The second-order valence-corrected chi connectivity index (χ2v) is 4.02. The molecule has 0 saturated heterocycles. The minimum Gasteiger partial charge on any atom is -0.467 e. The summed E-state index contributed by atoms with van der Waals surface area (Å²) in [5.74, 6) is 2.33. The third-order valence-electron chi connectivity index (χ3n) is 2.74. The largest absolute Gasteiger partial charge is 0.467 e. The molecule has 0 aliphatic rings. The van der Waals surface area contributed by atoms with Gasteiger partial charge in [0.2, 0.25) is 0 Å². The molecule has 2 heterocycles. The average molecular weight is 247 g/mol. The molecule has 5 heteroatoms. The van der Waals surface area contributed by atoms with Gasteiger partial charge in [0.05, 0.1) is 19.4 Å². The third-order valence-corrected chi connectivity index (χ3v) is 2.74. The number of aliphatic hydroxyl groups excluding tert-OH is 1. The maximum absolute atomic E-state index is 9.35. The predicted molar refractivity (Wildman–Crippen MR) is 68.1 cm³/mol. The van der Waals surface area contributed by atoms with Gasteiger partial charge in [0.1, 0.15) is 17.4 Å². The lowest BCUT2D eigenvalue weighted by Gasteiger charge is -2.23. The predicted octanol–water partition coefficient (Wildman–Crippen LogP) is 1.90. The van der Waals surface area contributed by atoms with Crippen LogP contribution in [-0.2, 0) is 13.2 Å². The second-order valence-electron chi connectivity index (χ2n) is 4.02. The van der Waals surface area contributed by atoms with Gasteiger partial charge in [-0.1, -0.05) is 0 Å². The Morgan fingerprint density at radius 3 is 2.89 bits per heavy atom. The van der Waals surface area contributed by atoms with Crippen molar-refractivity contribution in [3.8, 4) is 0 Å². The zero-order valence-corrected chi connectivity index (χ0v) is 10.6. The van der Waals surface area contributed by atoms with E-state index in [1.54, 1.807) is 12.5 Å². The van der Waals surface area contributed by atoms with Crippen LogP contribution in [0, 0.1) is 6.92 Å². The lowest BCUT2D eigenvalue weighted by atomic mass is 10.2. The van der Waals surface area contributed by atoms with Crippen molar-refractivity contribution in [1.29, 1.82) is 0 Å². The molecule has 96 valence electrons. The maximum Gasteiger partial charge on any atom is 0.138 e. The Bertz CT molecular complexity index is 497. The fraction of sp³-hybridized carbons (Fsp3) is 0.385. The van der Waals surface area contributed by atoms with Crippen LogP contribution in [0.5, 0.6) is 0 Å². The smallest absolute Gasteiger partial charge is 0.138 e. The van der Waals surface area contributed by atoms with Crippen LogP contribution in [0.3, 0.4) is 0 Å². The van der Waals surface area contributed by atoms with Crippen LogP contribution in [0.4, 0.5) is 5.82 Å². The molecule has 0 saturated carbocycles. The van der Waals surface area contributed by atoms with Gasteiger partial charge in [0.25, 0.3) is 0 Å². The zero-order valence-electron chi connectivity index (χ0n) is 10.6. The normalized spacial score (nSPS) is 10.6. The molecule has 0 amide bonds.